The summed E-state index contributed by atoms with van der Waals surface area (Å²) in [7, 11) is 1.57. The van der Waals surface area contributed by atoms with Gasteiger partial charge in [0.05, 0.1) is 30.6 Å². The average Bonchev–Trinajstić information content (AvgIpc) is 3.64. The van der Waals surface area contributed by atoms with Gasteiger partial charge in [-0.05, 0) is 73.2 Å². The zero-order chi connectivity index (χ0) is 25.1. The van der Waals surface area contributed by atoms with Gasteiger partial charge in [0.1, 0.15) is 11.5 Å². The highest BCUT2D eigenvalue weighted by molar-refractivity contribution is 6.23. The van der Waals surface area contributed by atoms with Crippen molar-refractivity contribution in [1.82, 2.24) is 0 Å². The van der Waals surface area contributed by atoms with Crippen LogP contribution in [0.5, 0.6) is 11.5 Å². The number of aryl methyl sites for hydroxylation is 1. The second-order valence-electron chi connectivity index (χ2n) is 9.98. The molecule has 2 bridgehead atoms. The van der Waals surface area contributed by atoms with Gasteiger partial charge in [0.25, 0.3) is 0 Å². The fourth-order valence-electron chi connectivity index (χ4n) is 6.16. The summed E-state index contributed by atoms with van der Waals surface area (Å²) in [5.41, 5.74) is 1.90. The quantitative estimate of drug-likeness (QED) is 0.279. The summed E-state index contributed by atoms with van der Waals surface area (Å²) >= 11 is 0. The Bertz CT molecular complexity index is 1290. The first-order valence-electron chi connectivity index (χ1n) is 12.2. The first-order valence-corrected chi connectivity index (χ1v) is 12.2. The van der Waals surface area contributed by atoms with Gasteiger partial charge in [0.15, 0.2) is 0 Å². The molecule has 2 aliphatic carbocycles. The maximum atomic E-state index is 13.1. The molecule has 0 radical (unpaired) electrons. The summed E-state index contributed by atoms with van der Waals surface area (Å²) < 4.78 is 10.8. The molecule has 4 aliphatic rings. The van der Waals surface area contributed by atoms with Crippen LogP contribution in [0.15, 0.2) is 54.6 Å². The number of allylic oxidation sites excluding steroid dienone is 2. The lowest BCUT2D eigenvalue weighted by Crippen LogP contribution is -2.33. The van der Waals surface area contributed by atoms with Gasteiger partial charge in [-0.25, -0.2) is 4.90 Å². The average molecular weight is 487 g/mol. The molecule has 0 aromatic heterocycles. The van der Waals surface area contributed by atoms with Gasteiger partial charge >= 0.3 is 5.97 Å². The third-order valence-electron chi connectivity index (χ3n) is 7.94. The van der Waals surface area contributed by atoms with E-state index in [-0.39, 0.29) is 54.4 Å². The van der Waals surface area contributed by atoms with Crippen LogP contribution in [0, 0.1) is 36.5 Å². The van der Waals surface area contributed by atoms with E-state index in [1.807, 2.05) is 0 Å². The number of anilines is 2. The second-order valence-corrected chi connectivity index (χ2v) is 9.98. The molecule has 0 spiro atoms. The van der Waals surface area contributed by atoms with E-state index in [0.29, 0.717) is 28.4 Å². The van der Waals surface area contributed by atoms with Crippen molar-refractivity contribution in [2.75, 3.05) is 23.5 Å². The maximum Gasteiger partial charge on any atom is 0.316 e. The van der Waals surface area contributed by atoms with E-state index in [1.54, 1.807) is 61.4 Å². The predicted octanol–water partition coefficient (Wildman–Crippen LogP) is 3.27. The molecule has 8 heteroatoms. The summed E-state index contributed by atoms with van der Waals surface area (Å²) in [6.07, 6.45) is 5.09. The number of esters is 1. The van der Waals surface area contributed by atoms with Crippen LogP contribution in [0.4, 0.5) is 11.4 Å². The molecular formula is C28H26N2O6. The normalized spacial score (nSPS) is 28.3. The van der Waals surface area contributed by atoms with Gasteiger partial charge in [0.2, 0.25) is 17.7 Å². The fourth-order valence-corrected chi connectivity index (χ4v) is 6.16. The van der Waals surface area contributed by atoms with E-state index in [0.717, 1.165) is 6.42 Å². The standard InChI is InChI=1S/C28H26N2O6/c1-15-11-21(9-10-22(15)30-26(32)24-16-3-4-17(12-16)25(24)27(30)33)36-28(34)18-13-23(31)29(14-18)19-5-7-20(35-2)8-6-19/h3-11,16-18,24-25H,12-14H2,1-2H3/t16-,17+,18-,24+,25-/m1/s1. The van der Waals surface area contributed by atoms with E-state index in [9.17, 15) is 19.2 Å². The van der Waals surface area contributed by atoms with Gasteiger partial charge in [-0.2, -0.15) is 0 Å². The van der Waals surface area contributed by atoms with E-state index < -0.39 is 11.9 Å². The highest BCUT2D eigenvalue weighted by Crippen LogP contribution is 2.53. The summed E-state index contributed by atoms with van der Waals surface area (Å²) in [4.78, 5) is 54.6. The number of nitrogens with zero attached hydrogens (tertiary/aromatic N) is 2. The van der Waals surface area contributed by atoms with Gasteiger partial charge in [0, 0.05) is 18.7 Å². The summed E-state index contributed by atoms with van der Waals surface area (Å²) in [6, 6.07) is 12.0. The number of carbonyl (C=O) groups is 4. The van der Waals surface area contributed by atoms with Crippen LogP contribution in [0.25, 0.3) is 0 Å². The molecule has 6 rings (SSSR count). The Labute approximate surface area is 208 Å². The Morgan fingerprint density at radius 3 is 2.17 bits per heavy atom. The van der Waals surface area contributed by atoms with Crippen molar-refractivity contribution < 1.29 is 28.7 Å². The van der Waals surface area contributed by atoms with Crippen molar-refractivity contribution in [1.29, 1.82) is 0 Å². The third-order valence-corrected chi connectivity index (χ3v) is 7.94. The minimum Gasteiger partial charge on any atom is -0.497 e. The van der Waals surface area contributed by atoms with Gasteiger partial charge in [-0.1, -0.05) is 12.2 Å². The van der Waals surface area contributed by atoms with Crippen molar-refractivity contribution >= 4 is 35.1 Å². The monoisotopic (exact) mass is 486 g/mol. The maximum absolute atomic E-state index is 13.1. The molecule has 8 nitrogen and oxygen atoms in total. The molecule has 2 aromatic carbocycles. The van der Waals surface area contributed by atoms with Crippen LogP contribution in [-0.4, -0.2) is 37.3 Å². The van der Waals surface area contributed by atoms with Crippen LogP contribution < -0.4 is 19.3 Å². The molecule has 36 heavy (non-hydrogen) atoms. The minimum absolute atomic E-state index is 0.0673. The highest BCUT2D eigenvalue weighted by Gasteiger charge is 2.59. The molecule has 3 amide bonds. The lowest BCUT2D eigenvalue weighted by molar-refractivity contribution is -0.139. The number of benzene rings is 2. The molecule has 2 aliphatic heterocycles. The van der Waals surface area contributed by atoms with Crippen LogP contribution in [0.2, 0.25) is 0 Å². The number of rotatable bonds is 5. The van der Waals surface area contributed by atoms with Crippen molar-refractivity contribution in [3.63, 3.8) is 0 Å². The Hall–Kier alpha value is -3.94. The molecule has 1 saturated carbocycles. The van der Waals surface area contributed by atoms with Crippen LogP contribution in [0.1, 0.15) is 18.4 Å². The molecule has 3 fully saturated rings. The SMILES string of the molecule is COc1ccc(N2C[C@H](C(=O)Oc3ccc(N4C(=O)[C@@H]5[C@H](C4=O)[C@H]4C=C[C@@H]5C4)c(C)c3)CC2=O)cc1. The van der Waals surface area contributed by atoms with Crippen molar-refractivity contribution in [3.05, 3.63) is 60.2 Å². The Balaban J connectivity index is 1.14. The third kappa shape index (κ3) is 3.43. The summed E-state index contributed by atoms with van der Waals surface area (Å²) in [6.45, 7) is 2.02. The second kappa shape index (κ2) is 8.33. The molecule has 2 aromatic rings. The number of hydrogen-bond donors (Lipinski definition) is 0. The topological polar surface area (TPSA) is 93.2 Å². The molecule has 2 saturated heterocycles. The number of amides is 3. The Kier molecular flexibility index (Phi) is 5.21. The smallest absolute Gasteiger partial charge is 0.316 e. The zero-order valence-corrected chi connectivity index (χ0v) is 20.0. The van der Waals surface area contributed by atoms with Gasteiger partial charge in [-0.15, -0.1) is 0 Å². The largest absolute Gasteiger partial charge is 0.497 e. The lowest BCUT2D eigenvalue weighted by Gasteiger charge is -2.20. The van der Waals surface area contributed by atoms with Crippen molar-refractivity contribution in [2.45, 2.75) is 19.8 Å². The van der Waals surface area contributed by atoms with E-state index >= 15 is 0 Å². The Morgan fingerprint density at radius 1 is 0.917 bits per heavy atom. The minimum atomic E-state index is -0.594. The molecular weight excluding hydrogens is 460 g/mol. The number of carbonyl (C=O) groups excluding carboxylic acids is 4. The molecule has 0 N–H and O–H groups in total. The Morgan fingerprint density at radius 2 is 1.56 bits per heavy atom. The zero-order valence-electron chi connectivity index (χ0n) is 20.0. The van der Waals surface area contributed by atoms with Crippen molar-refractivity contribution in [3.8, 4) is 11.5 Å². The highest BCUT2D eigenvalue weighted by atomic mass is 16.5. The van der Waals surface area contributed by atoms with Gasteiger partial charge < -0.3 is 14.4 Å². The first-order chi connectivity index (χ1) is 17.4. The van der Waals surface area contributed by atoms with Crippen molar-refractivity contribution in [2.24, 2.45) is 29.6 Å². The number of methoxy groups -OCH3 is 1. The molecule has 184 valence electrons. The number of fused-ring (bicyclic) bond motifs is 5. The lowest BCUT2D eigenvalue weighted by atomic mass is 9.85. The van der Waals surface area contributed by atoms with Crippen LogP contribution in [-0.2, 0) is 19.2 Å². The van der Waals surface area contributed by atoms with Crippen LogP contribution >= 0.6 is 0 Å². The first kappa shape index (κ1) is 22.5. The predicted molar refractivity (Wildman–Crippen MR) is 130 cm³/mol. The summed E-state index contributed by atoms with van der Waals surface area (Å²) in [5.74, 6) is -0.745. The van der Waals surface area contributed by atoms with E-state index in [2.05, 4.69) is 12.2 Å². The fraction of sp³-hybridized carbons (Fsp3) is 0.357. The number of ether oxygens (including phenoxy) is 2. The van der Waals surface area contributed by atoms with E-state index in [4.69, 9.17) is 9.47 Å². The van der Waals surface area contributed by atoms with E-state index in [1.165, 1.54) is 4.90 Å². The van der Waals surface area contributed by atoms with Crippen LogP contribution in [0.3, 0.4) is 0 Å². The number of imide groups is 1. The number of hydrogen-bond acceptors (Lipinski definition) is 6. The molecule has 5 atom stereocenters. The summed E-state index contributed by atoms with van der Waals surface area (Å²) in [5, 5.41) is 0. The molecule has 2 heterocycles. The molecule has 0 unspecified atom stereocenters. The van der Waals surface area contributed by atoms with Gasteiger partial charge in [-0.3, -0.25) is 19.2 Å².